The van der Waals surface area contributed by atoms with Gasteiger partial charge in [0.05, 0.1) is 0 Å². The third-order valence-electron chi connectivity index (χ3n) is 2.73. The second-order valence-corrected chi connectivity index (χ2v) is 4.32. The van der Waals surface area contributed by atoms with Crippen LogP contribution in [0.3, 0.4) is 0 Å². The summed E-state index contributed by atoms with van der Waals surface area (Å²) in [7, 11) is 0. The molecule has 0 aromatic heterocycles. The summed E-state index contributed by atoms with van der Waals surface area (Å²) in [6.07, 6.45) is 0.698. The summed E-state index contributed by atoms with van der Waals surface area (Å²) in [5.41, 5.74) is 4.92. The third-order valence-corrected chi connectivity index (χ3v) is 2.73. The molecular weight excluding hydrogens is 250 g/mol. The van der Waals surface area contributed by atoms with E-state index in [-0.39, 0.29) is 12.4 Å². The van der Waals surface area contributed by atoms with Crippen molar-refractivity contribution in [3.05, 3.63) is 34.9 Å². The Labute approximate surface area is 115 Å². The maximum atomic E-state index is 10.5. The lowest BCUT2D eigenvalue weighted by Gasteiger charge is -2.16. The Balaban J connectivity index is 0.00000289. The average molecular weight is 270 g/mol. The summed E-state index contributed by atoms with van der Waals surface area (Å²) in [4.78, 5) is 10.5. The van der Waals surface area contributed by atoms with Gasteiger partial charge in [-0.15, -0.1) is 12.4 Å². The molecule has 4 heteroatoms. The highest BCUT2D eigenvalue weighted by molar-refractivity contribution is 5.85. The number of halogens is 1. The van der Waals surface area contributed by atoms with Crippen molar-refractivity contribution in [1.29, 1.82) is 0 Å². The molecular formula is C14H20ClNO2. The molecule has 0 fully saturated rings. The smallest absolute Gasteiger partial charge is 0.211 e. The van der Waals surface area contributed by atoms with Crippen LogP contribution in [-0.4, -0.2) is 13.0 Å². The van der Waals surface area contributed by atoms with Crippen LogP contribution in [0.2, 0.25) is 0 Å². The quantitative estimate of drug-likeness (QED) is 0.656. The van der Waals surface area contributed by atoms with Crippen molar-refractivity contribution in [3.8, 4) is 5.75 Å². The average Bonchev–Trinajstić information content (AvgIpc) is 2.27. The molecule has 0 aliphatic carbocycles. The number of carbonyl (C=O) groups is 1. The zero-order chi connectivity index (χ0) is 13.0. The number of rotatable bonds is 5. The molecule has 3 nitrogen and oxygen atoms in total. The largest absolute Gasteiger partial charge is 0.489 e. The van der Waals surface area contributed by atoms with E-state index in [0.29, 0.717) is 13.0 Å². The predicted octanol–water partition coefficient (Wildman–Crippen LogP) is 3.56. The standard InChI is InChI=1S/C14H19NO2.ClH/c1-9(2)7-17-13-6-10(3)14(15-8-16)12(5)11(13)4;/h6,8H,1,7H2,2-5H3,(H,15,16);1H. The number of amides is 1. The topological polar surface area (TPSA) is 38.3 Å². The van der Waals surface area contributed by atoms with Gasteiger partial charge in [0.15, 0.2) is 0 Å². The number of hydrogen-bond donors (Lipinski definition) is 1. The molecule has 0 aliphatic heterocycles. The Morgan fingerprint density at radius 2 is 2.00 bits per heavy atom. The lowest BCUT2D eigenvalue weighted by molar-refractivity contribution is -0.105. The van der Waals surface area contributed by atoms with Crippen molar-refractivity contribution < 1.29 is 9.53 Å². The molecule has 0 aliphatic rings. The zero-order valence-corrected chi connectivity index (χ0v) is 12.1. The fraction of sp³-hybridized carbons (Fsp3) is 0.357. The van der Waals surface area contributed by atoms with E-state index in [9.17, 15) is 4.79 Å². The van der Waals surface area contributed by atoms with Crippen molar-refractivity contribution >= 4 is 24.5 Å². The van der Waals surface area contributed by atoms with Crippen LogP contribution < -0.4 is 10.1 Å². The molecule has 0 unspecified atom stereocenters. The van der Waals surface area contributed by atoms with Gasteiger partial charge in [0.1, 0.15) is 12.4 Å². The molecule has 18 heavy (non-hydrogen) atoms. The molecule has 0 atom stereocenters. The lowest BCUT2D eigenvalue weighted by atomic mass is 10.0. The van der Waals surface area contributed by atoms with Crippen LogP contribution in [0.15, 0.2) is 18.2 Å². The monoisotopic (exact) mass is 269 g/mol. The van der Waals surface area contributed by atoms with E-state index in [2.05, 4.69) is 11.9 Å². The van der Waals surface area contributed by atoms with Crippen LogP contribution in [0.1, 0.15) is 23.6 Å². The first-order valence-electron chi connectivity index (χ1n) is 5.55. The van der Waals surface area contributed by atoms with Gasteiger partial charge in [-0.3, -0.25) is 4.79 Å². The fourth-order valence-electron chi connectivity index (χ4n) is 1.68. The summed E-state index contributed by atoms with van der Waals surface area (Å²) < 4.78 is 5.68. The molecule has 1 N–H and O–H groups in total. The second-order valence-electron chi connectivity index (χ2n) is 4.32. The van der Waals surface area contributed by atoms with Crippen molar-refractivity contribution in [2.75, 3.05) is 11.9 Å². The van der Waals surface area contributed by atoms with Gasteiger partial charge in [-0.2, -0.15) is 0 Å². The highest BCUT2D eigenvalue weighted by Crippen LogP contribution is 2.31. The van der Waals surface area contributed by atoms with E-state index in [0.717, 1.165) is 33.7 Å². The van der Waals surface area contributed by atoms with Gasteiger partial charge in [-0.25, -0.2) is 0 Å². The highest BCUT2D eigenvalue weighted by atomic mass is 35.5. The van der Waals surface area contributed by atoms with Crippen LogP contribution in [0.4, 0.5) is 5.69 Å². The van der Waals surface area contributed by atoms with Gasteiger partial charge in [0, 0.05) is 5.69 Å². The molecule has 1 amide bonds. The first kappa shape index (κ1) is 16.5. The van der Waals surface area contributed by atoms with Crippen LogP contribution in [0.5, 0.6) is 5.75 Å². The van der Waals surface area contributed by atoms with Gasteiger partial charge >= 0.3 is 0 Å². The van der Waals surface area contributed by atoms with Crippen molar-refractivity contribution in [2.24, 2.45) is 0 Å². The molecule has 0 spiro atoms. The van der Waals surface area contributed by atoms with Gasteiger partial charge in [0.2, 0.25) is 6.41 Å². The van der Waals surface area contributed by atoms with Crippen molar-refractivity contribution in [2.45, 2.75) is 27.7 Å². The number of carbonyl (C=O) groups excluding carboxylic acids is 1. The Morgan fingerprint density at radius 3 is 2.50 bits per heavy atom. The van der Waals surface area contributed by atoms with Crippen molar-refractivity contribution in [3.63, 3.8) is 0 Å². The van der Waals surface area contributed by atoms with Crippen LogP contribution >= 0.6 is 12.4 Å². The van der Waals surface area contributed by atoms with E-state index >= 15 is 0 Å². The summed E-state index contributed by atoms with van der Waals surface area (Å²) in [5, 5.41) is 2.72. The minimum atomic E-state index is 0. The molecule has 0 saturated carbocycles. The molecule has 0 saturated heterocycles. The first-order valence-corrected chi connectivity index (χ1v) is 5.55. The number of hydrogen-bond acceptors (Lipinski definition) is 2. The maximum Gasteiger partial charge on any atom is 0.211 e. The zero-order valence-electron chi connectivity index (χ0n) is 11.3. The Kier molecular flexibility index (Phi) is 6.48. The number of ether oxygens (including phenoxy) is 1. The third kappa shape index (κ3) is 3.77. The molecule has 0 radical (unpaired) electrons. The van der Waals surface area contributed by atoms with Gasteiger partial charge < -0.3 is 10.1 Å². The minimum absolute atomic E-state index is 0. The SMILES string of the molecule is C=C(C)COc1cc(C)c(NC=O)c(C)c1C.Cl. The number of nitrogens with one attached hydrogen (secondary N) is 1. The van der Waals surface area contributed by atoms with E-state index in [1.807, 2.05) is 33.8 Å². The lowest BCUT2D eigenvalue weighted by Crippen LogP contribution is -2.05. The van der Waals surface area contributed by atoms with Gasteiger partial charge in [0.25, 0.3) is 0 Å². The van der Waals surface area contributed by atoms with Crippen LogP contribution in [0.25, 0.3) is 0 Å². The molecule has 1 aromatic carbocycles. The van der Waals surface area contributed by atoms with E-state index < -0.39 is 0 Å². The van der Waals surface area contributed by atoms with Gasteiger partial charge in [-0.05, 0) is 56.0 Å². The number of anilines is 1. The molecule has 0 heterocycles. The Morgan fingerprint density at radius 1 is 1.39 bits per heavy atom. The van der Waals surface area contributed by atoms with Gasteiger partial charge in [-0.1, -0.05) is 6.58 Å². The normalized spacial score (nSPS) is 9.33. The molecule has 1 aromatic rings. The Hall–Kier alpha value is -1.48. The summed E-state index contributed by atoms with van der Waals surface area (Å²) in [6, 6.07) is 1.94. The Bertz CT molecular complexity index is 456. The minimum Gasteiger partial charge on any atom is -0.489 e. The number of benzene rings is 1. The van der Waals surface area contributed by atoms with Crippen LogP contribution in [-0.2, 0) is 4.79 Å². The predicted molar refractivity (Wildman–Crippen MR) is 77.9 cm³/mol. The van der Waals surface area contributed by atoms with Crippen LogP contribution in [0, 0.1) is 20.8 Å². The summed E-state index contributed by atoms with van der Waals surface area (Å²) in [5.74, 6) is 0.847. The molecule has 0 bridgehead atoms. The summed E-state index contributed by atoms with van der Waals surface area (Å²) in [6.45, 7) is 12.2. The molecule has 1 rings (SSSR count). The summed E-state index contributed by atoms with van der Waals surface area (Å²) >= 11 is 0. The maximum absolute atomic E-state index is 10.5. The van der Waals surface area contributed by atoms with E-state index in [4.69, 9.17) is 4.74 Å². The molecule has 100 valence electrons. The highest BCUT2D eigenvalue weighted by Gasteiger charge is 2.10. The van der Waals surface area contributed by atoms with E-state index in [1.54, 1.807) is 0 Å². The van der Waals surface area contributed by atoms with Crippen molar-refractivity contribution in [1.82, 2.24) is 0 Å². The number of aryl methyl sites for hydroxylation is 1. The first-order chi connectivity index (χ1) is 7.97. The fourth-order valence-corrected chi connectivity index (χ4v) is 1.68. The van der Waals surface area contributed by atoms with E-state index in [1.165, 1.54) is 0 Å². The second kappa shape index (κ2) is 7.07.